The van der Waals surface area contributed by atoms with Gasteiger partial charge >= 0.3 is 0 Å². The summed E-state index contributed by atoms with van der Waals surface area (Å²) in [7, 11) is 0. The Labute approximate surface area is 209 Å². The number of nitrogens with zero attached hydrogens (tertiary/aromatic N) is 4. The quantitative estimate of drug-likeness (QED) is 0.536. The van der Waals surface area contributed by atoms with E-state index in [-0.39, 0.29) is 30.9 Å². The maximum Gasteiger partial charge on any atom is 0.160 e. The van der Waals surface area contributed by atoms with Gasteiger partial charge in [-0.15, -0.1) is 24.8 Å². The number of ether oxygens (including phenoxy) is 1. The average Bonchev–Trinajstić information content (AvgIpc) is 3.13. The fourth-order valence-corrected chi connectivity index (χ4v) is 4.23. The van der Waals surface area contributed by atoms with Crippen LogP contribution in [0.25, 0.3) is 17.2 Å². The first-order chi connectivity index (χ1) is 15.1. The lowest BCUT2D eigenvalue weighted by molar-refractivity contribution is -0.0190. The number of aromatic nitrogens is 3. The summed E-state index contributed by atoms with van der Waals surface area (Å²) >= 11 is 0. The lowest BCUT2D eigenvalue weighted by Crippen LogP contribution is -2.45. The van der Waals surface area contributed by atoms with Crippen molar-refractivity contribution < 1.29 is 4.74 Å². The van der Waals surface area contributed by atoms with E-state index in [1.807, 2.05) is 6.92 Å². The number of hydrogen-bond donors (Lipinski definition) is 1. The smallest absolute Gasteiger partial charge is 0.160 e. The van der Waals surface area contributed by atoms with Crippen molar-refractivity contribution in [1.29, 1.82) is 0 Å². The van der Waals surface area contributed by atoms with Crippen molar-refractivity contribution in [3.8, 4) is 0 Å². The van der Waals surface area contributed by atoms with Crippen molar-refractivity contribution in [2.75, 3.05) is 32.8 Å². The number of halogens is 2. The molecule has 0 bridgehead atoms. The molecule has 1 aromatic carbocycles. The molecule has 0 spiro atoms. The van der Waals surface area contributed by atoms with E-state index in [0.29, 0.717) is 6.54 Å². The molecule has 1 atom stereocenters. The van der Waals surface area contributed by atoms with E-state index in [9.17, 15) is 0 Å². The van der Waals surface area contributed by atoms with Crippen molar-refractivity contribution in [3.63, 3.8) is 0 Å². The van der Waals surface area contributed by atoms with Crippen LogP contribution in [0.15, 0.2) is 36.4 Å². The molecule has 0 radical (unpaired) electrons. The van der Waals surface area contributed by atoms with E-state index in [1.54, 1.807) is 0 Å². The summed E-state index contributed by atoms with van der Waals surface area (Å²) in [6.45, 7) is 11.2. The van der Waals surface area contributed by atoms with Gasteiger partial charge in [-0.2, -0.15) is 0 Å². The molecule has 0 saturated carbocycles. The summed E-state index contributed by atoms with van der Waals surface area (Å²) in [4.78, 5) is 12.0. The van der Waals surface area contributed by atoms with E-state index in [0.717, 1.165) is 61.9 Å². The Morgan fingerprint density at radius 3 is 2.61 bits per heavy atom. The van der Waals surface area contributed by atoms with E-state index < -0.39 is 0 Å². The molecule has 1 fully saturated rings. The maximum atomic E-state index is 5.73. The van der Waals surface area contributed by atoms with Crippen LogP contribution in [0.4, 0.5) is 0 Å². The molecule has 4 rings (SSSR count). The van der Waals surface area contributed by atoms with Gasteiger partial charge in [0.2, 0.25) is 0 Å². The number of pyridine rings is 1. The van der Waals surface area contributed by atoms with Gasteiger partial charge in [0.15, 0.2) is 5.65 Å². The standard InChI is InChI=1S/C25H33N5O.2ClH/c1-4-23-28-24-18(2)14-19(3)27-25(24)30(23)16-21-9-7-20(8-10-21)6-5-11-29-12-13-31-22(15-26)17-29;;/h5-10,14,22H,4,11-13,15-17,26H2,1-3H3;2*1H/b6-5+;;. The Kier molecular flexibility index (Phi) is 10.3. The molecule has 8 heteroatoms. The molecule has 2 aromatic heterocycles. The van der Waals surface area contributed by atoms with Crippen molar-refractivity contribution in [2.45, 2.75) is 39.8 Å². The number of imidazole rings is 1. The fourth-order valence-electron chi connectivity index (χ4n) is 4.23. The number of rotatable bonds is 7. The van der Waals surface area contributed by atoms with Crippen LogP contribution in [-0.2, 0) is 17.7 Å². The van der Waals surface area contributed by atoms with Crippen molar-refractivity contribution >= 4 is 42.1 Å². The monoisotopic (exact) mass is 491 g/mol. The highest BCUT2D eigenvalue weighted by molar-refractivity contribution is 5.85. The van der Waals surface area contributed by atoms with Crippen LogP contribution in [0.1, 0.15) is 35.1 Å². The highest BCUT2D eigenvalue weighted by atomic mass is 35.5. The van der Waals surface area contributed by atoms with Crippen LogP contribution in [0.3, 0.4) is 0 Å². The summed E-state index contributed by atoms with van der Waals surface area (Å²) in [5.41, 5.74) is 12.4. The molecule has 1 aliphatic heterocycles. The third kappa shape index (κ3) is 6.55. The molecular formula is C25H35Cl2N5O. The minimum absolute atomic E-state index is 0. The highest BCUT2D eigenvalue weighted by Gasteiger charge is 2.17. The van der Waals surface area contributed by atoms with Crippen LogP contribution in [-0.4, -0.2) is 58.3 Å². The zero-order valence-electron chi connectivity index (χ0n) is 19.7. The Morgan fingerprint density at radius 2 is 1.91 bits per heavy atom. The molecule has 3 heterocycles. The normalized spacial score (nSPS) is 16.7. The Bertz CT molecular complexity index is 1060. The molecule has 33 heavy (non-hydrogen) atoms. The van der Waals surface area contributed by atoms with Gasteiger partial charge in [-0.05, 0) is 36.6 Å². The summed E-state index contributed by atoms with van der Waals surface area (Å²) in [5.74, 6) is 1.08. The number of morpholine rings is 1. The van der Waals surface area contributed by atoms with Crippen LogP contribution >= 0.6 is 24.8 Å². The number of fused-ring (bicyclic) bond motifs is 1. The van der Waals surface area contributed by atoms with Gasteiger partial charge in [-0.3, -0.25) is 4.90 Å². The van der Waals surface area contributed by atoms with Gasteiger partial charge in [0, 0.05) is 38.3 Å². The second-order valence-electron chi connectivity index (χ2n) is 8.35. The molecule has 1 unspecified atom stereocenters. The SMILES string of the molecule is CCc1nc2c(C)cc(C)nc2n1Cc1ccc(/C=C/CN2CCOC(CN)C2)cc1.Cl.Cl. The second-order valence-corrected chi connectivity index (χ2v) is 8.35. The Balaban J connectivity index is 0.00000193. The van der Waals surface area contributed by atoms with Gasteiger partial charge in [0.25, 0.3) is 0 Å². The molecule has 1 saturated heterocycles. The molecular weight excluding hydrogens is 457 g/mol. The zero-order valence-corrected chi connectivity index (χ0v) is 21.3. The summed E-state index contributed by atoms with van der Waals surface area (Å²) in [6, 6.07) is 10.9. The third-order valence-corrected chi connectivity index (χ3v) is 5.90. The van der Waals surface area contributed by atoms with E-state index in [2.05, 4.69) is 65.8 Å². The Hall–Kier alpha value is -1.96. The van der Waals surface area contributed by atoms with Crippen molar-refractivity contribution in [2.24, 2.45) is 5.73 Å². The summed E-state index contributed by atoms with van der Waals surface area (Å²) in [6.07, 6.45) is 5.47. The van der Waals surface area contributed by atoms with Crippen molar-refractivity contribution in [3.05, 3.63) is 64.6 Å². The molecule has 6 nitrogen and oxygen atoms in total. The lowest BCUT2D eigenvalue weighted by Gasteiger charge is -2.31. The van der Waals surface area contributed by atoms with Crippen LogP contribution < -0.4 is 5.73 Å². The van der Waals surface area contributed by atoms with Crippen LogP contribution in [0.2, 0.25) is 0 Å². The fraction of sp³-hybridized carbons (Fsp3) is 0.440. The molecule has 3 aromatic rings. The Morgan fingerprint density at radius 1 is 1.15 bits per heavy atom. The third-order valence-electron chi connectivity index (χ3n) is 5.90. The highest BCUT2D eigenvalue weighted by Crippen LogP contribution is 2.21. The molecule has 1 aliphatic rings. The van der Waals surface area contributed by atoms with Gasteiger partial charge in [-0.1, -0.05) is 43.3 Å². The minimum atomic E-state index is 0. The molecule has 0 amide bonds. The second kappa shape index (κ2) is 12.5. The summed E-state index contributed by atoms with van der Waals surface area (Å²) in [5, 5.41) is 0. The minimum Gasteiger partial charge on any atom is -0.374 e. The van der Waals surface area contributed by atoms with E-state index in [1.165, 1.54) is 16.7 Å². The van der Waals surface area contributed by atoms with Crippen LogP contribution in [0.5, 0.6) is 0 Å². The number of benzene rings is 1. The zero-order chi connectivity index (χ0) is 21.8. The van der Waals surface area contributed by atoms with Gasteiger partial charge < -0.3 is 15.0 Å². The molecule has 0 aliphatic carbocycles. The lowest BCUT2D eigenvalue weighted by atomic mass is 10.1. The number of nitrogens with two attached hydrogens (primary N) is 1. The van der Waals surface area contributed by atoms with Crippen molar-refractivity contribution in [1.82, 2.24) is 19.4 Å². The number of aryl methyl sites for hydroxylation is 3. The first-order valence-corrected chi connectivity index (χ1v) is 11.2. The topological polar surface area (TPSA) is 69.2 Å². The first-order valence-electron chi connectivity index (χ1n) is 11.2. The predicted octanol–water partition coefficient (Wildman–Crippen LogP) is 4.18. The first kappa shape index (κ1) is 27.3. The summed E-state index contributed by atoms with van der Waals surface area (Å²) < 4.78 is 7.89. The van der Waals surface area contributed by atoms with Gasteiger partial charge in [-0.25, -0.2) is 9.97 Å². The van der Waals surface area contributed by atoms with E-state index in [4.69, 9.17) is 20.4 Å². The predicted molar refractivity (Wildman–Crippen MR) is 141 cm³/mol. The largest absolute Gasteiger partial charge is 0.374 e. The van der Waals surface area contributed by atoms with Crippen LogP contribution in [0, 0.1) is 13.8 Å². The maximum absolute atomic E-state index is 5.73. The van der Waals surface area contributed by atoms with Gasteiger partial charge in [0.1, 0.15) is 11.3 Å². The number of hydrogen-bond acceptors (Lipinski definition) is 5. The average molecular weight is 492 g/mol. The van der Waals surface area contributed by atoms with E-state index >= 15 is 0 Å². The van der Waals surface area contributed by atoms with Gasteiger partial charge in [0.05, 0.1) is 19.3 Å². The molecule has 2 N–H and O–H groups in total. The molecule has 180 valence electrons.